The lowest BCUT2D eigenvalue weighted by Gasteiger charge is -2.20. The van der Waals surface area contributed by atoms with Crippen LogP contribution in [0, 0.1) is 13.8 Å². The SMILES string of the molecule is Cc1ccc2cccc([O][Al]([O]c3ccc(-c4ccc5c6ccccc6n(C)c5c4)c4ccccc34)[O]c3cccc4ccc(C)nc34)c2n1. The lowest BCUT2D eigenvalue weighted by molar-refractivity contribution is 0.311. The first-order valence-electron chi connectivity index (χ1n) is 16.7. The quantitative estimate of drug-likeness (QED) is 0.159. The lowest BCUT2D eigenvalue weighted by atomic mass is 9.97. The lowest BCUT2D eigenvalue weighted by Crippen LogP contribution is -2.37. The van der Waals surface area contributed by atoms with Gasteiger partial charge in [-0.1, -0.05) is 97.1 Å². The van der Waals surface area contributed by atoms with Gasteiger partial charge >= 0.3 is 15.1 Å². The average molecular weight is 666 g/mol. The van der Waals surface area contributed by atoms with Crippen LogP contribution >= 0.6 is 0 Å². The third-order valence-corrected chi connectivity index (χ3v) is 10.8. The number of para-hydroxylation sites is 3. The van der Waals surface area contributed by atoms with E-state index in [2.05, 4.69) is 90.5 Å². The summed E-state index contributed by atoms with van der Waals surface area (Å²) in [5, 5.41) is 6.54. The van der Waals surface area contributed by atoms with Crippen molar-refractivity contribution in [2.45, 2.75) is 13.8 Å². The van der Waals surface area contributed by atoms with Crippen LogP contribution in [0.3, 0.4) is 0 Å². The first-order valence-corrected chi connectivity index (χ1v) is 18.1. The van der Waals surface area contributed by atoms with Crippen molar-refractivity contribution >= 4 is 69.5 Å². The molecule has 0 bridgehead atoms. The molecule has 9 aromatic rings. The van der Waals surface area contributed by atoms with Crippen molar-refractivity contribution in [3.8, 4) is 28.4 Å². The van der Waals surface area contributed by atoms with Gasteiger partial charge in [0.15, 0.2) is 0 Å². The highest BCUT2D eigenvalue weighted by Crippen LogP contribution is 2.38. The van der Waals surface area contributed by atoms with E-state index in [9.17, 15) is 0 Å². The smallest absolute Gasteiger partial charge is 0.577 e. The van der Waals surface area contributed by atoms with E-state index in [0.29, 0.717) is 17.2 Å². The normalized spacial score (nSPS) is 11.5. The first-order chi connectivity index (χ1) is 24.5. The molecule has 3 heterocycles. The van der Waals surface area contributed by atoms with E-state index in [4.69, 9.17) is 21.3 Å². The highest BCUT2D eigenvalue weighted by molar-refractivity contribution is 6.40. The number of aromatic nitrogens is 3. The van der Waals surface area contributed by atoms with E-state index in [1.807, 2.05) is 74.5 Å². The molecule has 0 radical (unpaired) electrons. The summed E-state index contributed by atoms with van der Waals surface area (Å²) in [4.78, 5) is 9.63. The van der Waals surface area contributed by atoms with Crippen molar-refractivity contribution < 1.29 is 11.4 Å². The molecule has 0 amide bonds. The largest absolute Gasteiger partial charge is 1.20 e. The van der Waals surface area contributed by atoms with Gasteiger partial charge in [-0.05, 0) is 72.8 Å². The van der Waals surface area contributed by atoms with Crippen LogP contribution in [0.4, 0.5) is 0 Å². The van der Waals surface area contributed by atoms with E-state index in [0.717, 1.165) is 55.1 Å². The number of fused-ring (bicyclic) bond motifs is 6. The predicted molar refractivity (Wildman–Crippen MR) is 204 cm³/mol. The molecule has 0 saturated heterocycles. The van der Waals surface area contributed by atoms with Crippen LogP contribution in [0.25, 0.3) is 65.5 Å². The number of hydrogen-bond donors (Lipinski definition) is 0. The Balaban J connectivity index is 1.14. The van der Waals surface area contributed by atoms with Gasteiger partial charge in [-0.3, -0.25) is 0 Å². The van der Waals surface area contributed by atoms with Crippen LogP contribution < -0.4 is 11.4 Å². The van der Waals surface area contributed by atoms with Gasteiger partial charge in [-0.25, -0.2) is 9.97 Å². The fraction of sp³-hybridized carbons (Fsp3) is 0.0698. The molecule has 0 unspecified atom stereocenters. The molecule has 9 rings (SSSR count). The number of aryl methyl sites for hydroxylation is 3. The number of benzene rings is 6. The highest BCUT2D eigenvalue weighted by atomic mass is 27.3. The van der Waals surface area contributed by atoms with E-state index in [-0.39, 0.29) is 0 Å². The second-order valence-corrected chi connectivity index (χ2v) is 14.0. The molecular weight excluding hydrogens is 633 g/mol. The molecule has 0 spiro atoms. The molecule has 0 fully saturated rings. The first kappa shape index (κ1) is 30.2. The highest BCUT2D eigenvalue weighted by Gasteiger charge is 2.46. The molecule has 0 atom stereocenters. The van der Waals surface area contributed by atoms with Gasteiger partial charge < -0.3 is 15.9 Å². The number of pyridine rings is 2. The Labute approximate surface area is 294 Å². The Kier molecular flexibility index (Phi) is 7.39. The summed E-state index contributed by atoms with van der Waals surface area (Å²) < 4.78 is 22.6. The van der Waals surface area contributed by atoms with Crippen LogP contribution in [-0.2, 0) is 7.05 Å². The summed E-state index contributed by atoms with van der Waals surface area (Å²) in [7, 11) is 2.13. The fourth-order valence-corrected chi connectivity index (χ4v) is 8.31. The zero-order valence-corrected chi connectivity index (χ0v) is 29.1. The monoisotopic (exact) mass is 665 g/mol. The van der Waals surface area contributed by atoms with E-state index in [1.54, 1.807) is 0 Å². The average Bonchev–Trinajstić information content (AvgIpc) is 3.43. The topological polar surface area (TPSA) is 58.4 Å². The molecule has 0 aliphatic rings. The Morgan fingerprint density at radius 2 is 1.06 bits per heavy atom. The molecule has 50 heavy (non-hydrogen) atoms. The van der Waals surface area contributed by atoms with Crippen molar-refractivity contribution in [2.24, 2.45) is 7.05 Å². The van der Waals surface area contributed by atoms with Gasteiger partial charge in [-0.2, -0.15) is 0 Å². The molecule has 240 valence electrons. The summed E-state index contributed by atoms with van der Waals surface area (Å²) in [5.74, 6) is 1.94. The summed E-state index contributed by atoms with van der Waals surface area (Å²) >= 11 is -3.00. The van der Waals surface area contributed by atoms with Crippen LogP contribution in [0.15, 0.2) is 140 Å². The van der Waals surface area contributed by atoms with Crippen molar-refractivity contribution in [3.05, 3.63) is 151 Å². The molecular formula is C43H32AlN3O3. The number of hydrogen-bond acceptors (Lipinski definition) is 5. The van der Waals surface area contributed by atoms with Crippen LogP contribution in [0.1, 0.15) is 11.4 Å². The van der Waals surface area contributed by atoms with Crippen molar-refractivity contribution in [1.29, 1.82) is 0 Å². The molecule has 6 aromatic carbocycles. The van der Waals surface area contributed by atoms with E-state index in [1.165, 1.54) is 21.8 Å². The van der Waals surface area contributed by atoms with Gasteiger partial charge in [-0.15, -0.1) is 0 Å². The number of nitrogens with zero attached hydrogens (tertiary/aromatic N) is 3. The third-order valence-electron chi connectivity index (χ3n) is 9.42. The molecule has 3 aromatic heterocycles. The van der Waals surface area contributed by atoms with Crippen molar-refractivity contribution in [3.63, 3.8) is 0 Å². The zero-order valence-electron chi connectivity index (χ0n) is 27.9. The molecule has 0 aliphatic heterocycles. The summed E-state index contributed by atoms with van der Waals surface area (Å²) in [6.07, 6.45) is 0. The maximum Gasteiger partial charge on any atom is 1.20 e. The minimum absolute atomic E-state index is 0.622. The Morgan fingerprint density at radius 3 is 1.74 bits per heavy atom. The molecule has 0 saturated carbocycles. The van der Waals surface area contributed by atoms with Crippen LogP contribution in [0.2, 0.25) is 0 Å². The summed E-state index contributed by atoms with van der Waals surface area (Å²) in [6, 6.07) is 47.8. The second-order valence-electron chi connectivity index (χ2n) is 12.7. The van der Waals surface area contributed by atoms with Gasteiger partial charge in [0, 0.05) is 56.4 Å². The van der Waals surface area contributed by atoms with Crippen LogP contribution in [-0.4, -0.2) is 29.7 Å². The van der Waals surface area contributed by atoms with Gasteiger partial charge in [0.25, 0.3) is 0 Å². The van der Waals surface area contributed by atoms with Gasteiger partial charge in [0.1, 0.15) is 22.5 Å². The Hall–Kier alpha value is -5.87. The Morgan fingerprint density at radius 1 is 0.480 bits per heavy atom. The fourth-order valence-electron chi connectivity index (χ4n) is 6.96. The standard InChI is InChI=1S/C23H17NO.2C10H9NO.Al/c1-24-21-9-5-4-7-18(21)19-11-10-15(14-22(19)24)16-12-13-23(25)20-8-3-2-6-17(16)20;2*1-7-5-6-8-3-2-4-9(12)10(8)11-7;/h2-14,25H,1H3;2*2-6,12H,1H3;/q;;;+3/p-3. The van der Waals surface area contributed by atoms with Crippen LogP contribution in [0.5, 0.6) is 17.2 Å². The molecule has 0 N–H and O–H groups in total. The van der Waals surface area contributed by atoms with Crippen molar-refractivity contribution in [1.82, 2.24) is 14.5 Å². The maximum atomic E-state index is 6.85. The molecule has 6 nitrogen and oxygen atoms in total. The predicted octanol–water partition coefficient (Wildman–Crippen LogP) is 10.4. The second kappa shape index (κ2) is 12.2. The Bertz CT molecular complexity index is 2670. The number of rotatable bonds is 7. The molecule has 7 heteroatoms. The minimum atomic E-state index is -3.00. The van der Waals surface area contributed by atoms with Gasteiger partial charge in [0.2, 0.25) is 0 Å². The van der Waals surface area contributed by atoms with E-state index >= 15 is 0 Å². The maximum absolute atomic E-state index is 6.85. The summed E-state index contributed by atoms with van der Waals surface area (Å²) in [5.41, 5.74) is 8.04. The van der Waals surface area contributed by atoms with E-state index < -0.39 is 15.1 Å². The third kappa shape index (κ3) is 5.29. The summed E-state index contributed by atoms with van der Waals surface area (Å²) in [6.45, 7) is 3.96. The van der Waals surface area contributed by atoms with Crippen molar-refractivity contribution in [2.75, 3.05) is 0 Å². The zero-order chi connectivity index (χ0) is 33.8. The molecule has 0 aliphatic carbocycles. The minimum Gasteiger partial charge on any atom is -0.577 e. The van der Waals surface area contributed by atoms with Gasteiger partial charge in [0.05, 0.1) is 5.75 Å².